The summed E-state index contributed by atoms with van der Waals surface area (Å²) in [5.41, 5.74) is 0.979. The molecule has 2 aromatic rings. The fourth-order valence-corrected chi connectivity index (χ4v) is 5.73. The minimum atomic E-state index is -3.29. The van der Waals surface area contributed by atoms with E-state index < -0.39 is 27.3 Å². The lowest BCUT2D eigenvalue weighted by Crippen LogP contribution is -2.47. The molecule has 2 heterocycles. The summed E-state index contributed by atoms with van der Waals surface area (Å²) in [6.07, 6.45) is 1.32. The third-order valence-electron chi connectivity index (χ3n) is 5.87. The van der Waals surface area contributed by atoms with Gasteiger partial charge in [-0.2, -0.15) is 5.10 Å². The Hall–Kier alpha value is -2.66. The predicted molar refractivity (Wildman–Crippen MR) is 116 cm³/mol. The first kappa shape index (κ1) is 22.5. The Morgan fingerprint density at radius 2 is 2.12 bits per heavy atom. The standard InChI is InChI=1S/C21H27FN4O5S/c1-21(2,11-27)24-20(28)31-14-5-3-12(7-14)17-8-18(26-25-17)23-16-6-4-13-9-32(29,30)10-15(13)19(16)22/h4,6,8,12,14,27H,3,5,7,9-11H2,1-2H3,(H,24,28)(H2,23,25,26). The van der Waals surface area contributed by atoms with Gasteiger partial charge < -0.3 is 20.5 Å². The number of carbonyl (C=O) groups is 1. The molecule has 0 spiro atoms. The monoisotopic (exact) mass is 466 g/mol. The van der Waals surface area contributed by atoms with Gasteiger partial charge in [0.2, 0.25) is 0 Å². The molecule has 11 heteroatoms. The topological polar surface area (TPSA) is 133 Å². The van der Waals surface area contributed by atoms with E-state index >= 15 is 0 Å². The summed E-state index contributed by atoms with van der Waals surface area (Å²) in [7, 11) is -3.29. The van der Waals surface area contributed by atoms with Crippen LogP contribution in [-0.2, 0) is 26.1 Å². The number of nitrogens with zero attached hydrogens (tertiary/aromatic N) is 1. The summed E-state index contributed by atoms with van der Waals surface area (Å²) < 4.78 is 43.8. The Labute approximate surface area is 185 Å². The highest BCUT2D eigenvalue weighted by Crippen LogP contribution is 2.37. The molecule has 2 unspecified atom stereocenters. The Balaban J connectivity index is 1.37. The molecule has 4 rings (SSSR count). The van der Waals surface area contributed by atoms with Crippen LogP contribution in [0.2, 0.25) is 0 Å². The quantitative estimate of drug-likeness (QED) is 0.514. The van der Waals surface area contributed by atoms with Crippen molar-refractivity contribution in [3.8, 4) is 0 Å². The van der Waals surface area contributed by atoms with Crippen molar-refractivity contribution in [2.75, 3.05) is 11.9 Å². The van der Waals surface area contributed by atoms with E-state index in [0.29, 0.717) is 24.2 Å². The normalized spacial score (nSPS) is 21.9. The van der Waals surface area contributed by atoms with Gasteiger partial charge in [-0.15, -0.1) is 0 Å². The zero-order valence-electron chi connectivity index (χ0n) is 17.9. The Morgan fingerprint density at radius 3 is 2.88 bits per heavy atom. The number of halogens is 1. The van der Waals surface area contributed by atoms with Crippen LogP contribution in [-0.4, -0.2) is 48.1 Å². The van der Waals surface area contributed by atoms with Crippen LogP contribution in [0.25, 0.3) is 0 Å². The maximum atomic E-state index is 14.8. The number of aromatic nitrogens is 2. The second-order valence-electron chi connectivity index (χ2n) is 9.13. The highest BCUT2D eigenvalue weighted by atomic mass is 32.2. The van der Waals surface area contributed by atoms with Gasteiger partial charge in [-0.25, -0.2) is 17.6 Å². The lowest BCUT2D eigenvalue weighted by atomic mass is 10.0. The second kappa shape index (κ2) is 8.36. The van der Waals surface area contributed by atoms with Gasteiger partial charge in [0.1, 0.15) is 6.10 Å². The van der Waals surface area contributed by atoms with Gasteiger partial charge in [-0.1, -0.05) is 6.07 Å². The lowest BCUT2D eigenvalue weighted by molar-refractivity contribution is 0.0847. The van der Waals surface area contributed by atoms with Crippen LogP contribution in [0.3, 0.4) is 0 Å². The van der Waals surface area contributed by atoms with Gasteiger partial charge in [0.05, 0.1) is 29.3 Å². The number of rotatable bonds is 6. The molecule has 1 aromatic heterocycles. The molecule has 0 saturated heterocycles. The fraction of sp³-hybridized carbons (Fsp3) is 0.524. The van der Waals surface area contributed by atoms with E-state index in [1.807, 2.05) is 0 Å². The maximum absolute atomic E-state index is 14.8. The number of H-pyrrole nitrogens is 1. The minimum Gasteiger partial charge on any atom is -0.446 e. The largest absolute Gasteiger partial charge is 0.446 e. The minimum absolute atomic E-state index is 0.108. The number of aromatic amines is 1. The van der Waals surface area contributed by atoms with Gasteiger partial charge in [0.15, 0.2) is 21.5 Å². The van der Waals surface area contributed by atoms with Gasteiger partial charge in [-0.3, -0.25) is 5.10 Å². The van der Waals surface area contributed by atoms with E-state index in [9.17, 15) is 22.7 Å². The fourth-order valence-electron chi connectivity index (χ4n) is 4.13. The summed E-state index contributed by atoms with van der Waals surface area (Å²) >= 11 is 0. The van der Waals surface area contributed by atoms with Crippen LogP contribution in [0.15, 0.2) is 18.2 Å². The number of aliphatic hydroxyl groups excluding tert-OH is 1. The summed E-state index contributed by atoms with van der Waals surface area (Å²) in [6.45, 7) is 3.21. The zero-order valence-corrected chi connectivity index (χ0v) is 18.8. The Bertz CT molecular complexity index is 1130. The smallest absolute Gasteiger partial charge is 0.407 e. The Kier molecular flexibility index (Phi) is 5.89. The number of ether oxygens (including phenoxy) is 1. The van der Waals surface area contributed by atoms with Crippen molar-refractivity contribution in [3.05, 3.63) is 40.8 Å². The van der Waals surface area contributed by atoms with Gasteiger partial charge >= 0.3 is 6.09 Å². The van der Waals surface area contributed by atoms with E-state index in [1.54, 1.807) is 26.0 Å². The number of fused-ring (bicyclic) bond motifs is 1. The number of amides is 1. The molecule has 1 aliphatic heterocycles. The van der Waals surface area contributed by atoms with E-state index in [2.05, 4.69) is 20.8 Å². The summed E-state index contributed by atoms with van der Waals surface area (Å²) in [5.74, 6) is -0.461. The molecular formula is C21H27FN4O5S. The van der Waals surface area contributed by atoms with Crippen molar-refractivity contribution < 1.29 is 27.4 Å². The third kappa shape index (κ3) is 4.88. The predicted octanol–water partition coefficient (Wildman–Crippen LogP) is 2.85. The molecule has 2 aliphatic rings. The van der Waals surface area contributed by atoms with E-state index in [4.69, 9.17) is 4.74 Å². The molecule has 32 heavy (non-hydrogen) atoms. The molecule has 1 saturated carbocycles. The van der Waals surface area contributed by atoms with E-state index in [1.165, 1.54) is 6.07 Å². The van der Waals surface area contributed by atoms with Crippen molar-refractivity contribution in [1.29, 1.82) is 0 Å². The molecule has 174 valence electrons. The third-order valence-corrected chi connectivity index (χ3v) is 7.35. The van der Waals surface area contributed by atoms with Crippen molar-refractivity contribution in [2.24, 2.45) is 0 Å². The van der Waals surface area contributed by atoms with Crippen LogP contribution in [0.5, 0.6) is 0 Å². The number of anilines is 2. The van der Waals surface area contributed by atoms with Crippen molar-refractivity contribution >= 4 is 27.4 Å². The van der Waals surface area contributed by atoms with E-state index in [-0.39, 0.29) is 41.4 Å². The first-order valence-electron chi connectivity index (χ1n) is 10.5. The number of benzene rings is 1. The van der Waals surface area contributed by atoms with Crippen LogP contribution in [0.4, 0.5) is 20.7 Å². The average Bonchev–Trinajstić information content (AvgIpc) is 3.42. The summed E-state index contributed by atoms with van der Waals surface area (Å²) in [4.78, 5) is 12.0. The van der Waals surface area contributed by atoms with Gasteiger partial charge in [0, 0.05) is 23.2 Å². The molecule has 2 atom stereocenters. The zero-order chi connectivity index (χ0) is 23.1. The molecule has 4 N–H and O–H groups in total. The van der Waals surface area contributed by atoms with Gasteiger partial charge in [-0.05, 0) is 44.7 Å². The van der Waals surface area contributed by atoms with Crippen LogP contribution < -0.4 is 10.6 Å². The first-order chi connectivity index (χ1) is 15.0. The number of alkyl carbamates (subject to hydrolysis) is 1. The molecule has 0 radical (unpaired) electrons. The van der Waals surface area contributed by atoms with Gasteiger partial charge in [0.25, 0.3) is 0 Å². The number of hydrogen-bond acceptors (Lipinski definition) is 7. The molecule has 9 nitrogen and oxygen atoms in total. The second-order valence-corrected chi connectivity index (χ2v) is 11.2. The number of nitrogens with one attached hydrogen (secondary N) is 3. The molecule has 1 amide bonds. The number of carbonyl (C=O) groups excluding carboxylic acids is 1. The number of aliphatic hydroxyl groups is 1. The SMILES string of the molecule is CC(C)(CO)NC(=O)OC1CCC(c2cc(Nc3ccc4c(c3F)CS(=O)(=O)C4)n[nH]2)C1. The van der Waals surface area contributed by atoms with E-state index in [0.717, 1.165) is 12.1 Å². The summed E-state index contributed by atoms with van der Waals surface area (Å²) in [6, 6.07) is 4.93. The van der Waals surface area contributed by atoms with Crippen molar-refractivity contribution in [2.45, 2.75) is 62.2 Å². The van der Waals surface area contributed by atoms with Crippen LogP contribution >= 0.6 is 0 Å². The summed E-state index contributed by atoms with van der Waals surface area (Å²) in [5, 5.41) is 22.0. The van der Waals surface area contributed by atoms with Crippen molar-refractivity contribution in [1.82, 2.24) is 15.5 Å². The Morgan fingerprint density at radius 1 is 1.34 bits per heavy atom. The molecule has 1 aliphatic carbocycles. The maximum Gasteiger partial charge on any atom is 0.407 e. The highest BCUT2D eigenvalue weighted by Gasteiger charge is 2.32. The molecule has 1 fully saturated rings. The van der Waals surface area contributed by atoms with Crippen LogP contribution in [0, 0.1) is 5.82 Å². The highest BCUT2D eigenvalue weighted by molar-refractivity contribution is 7.90. The average molecular weight is 467 g/mol. The number of sulfone groups is 1. The molecule has 0 bridgehead atoms. The van der Waals surface area contributed by atoms with Crippen molar-refractivity contribution in [3.63, 3.8) is 0 Å². The molecular weight excluding hydrogens is 439 g/mol. The molecule has 1 aromatic carbocycles. The first-order valence-corrected chi connectivity index (χ1v) is 12.3. The lowest BCUT2D eigenvalue weighted by Gasteiger charge is -2.24. The van der Waals surface area contributed by atoms with Crippen LogP contribution in [0.1, 0.15) is 55.8 Å². The number of hydrogen-bond donors (Lipinski definition) is 4.